The number of ether oxygens (including phenoxy) is 1. The van der Waals surface area contributed by atoms with Gasteiger partial charge in [-0.3, -0.25) is 4.79 Å². The van der Waals surface area contributed by atoms with Crippen LogP contribution in [0.4, 0.5) is 17.6 Å². The lowest BCUT2D eigenvalue weighted by Gasteiger charge is -2.12. The van der Waals surface area contributed by atoms with E-state index in [2.05, 4.69) is 20.7 Å². The van der Waals surface area contributed by atoms with E-state index in [1.165, 1.54) is 56.3 Å². The maximum absolute atomic E-state index is 14.0. The zero-order valence-corrected chi connectivity index (χ0v) is 19.8. The van der Waals surface area contributed by atoms with E-state index in [-0.39, 0.29) is 27.3 Å². The monoisotopic (exact) mass is 486 g/mol. The molecule has 180 valence electrons. The van der Waals surface area contributed by atoms with Crippen molar-refractivity contribution >= 4 is 27.2 Å². The van der Waals surface area contributed by atoms with Crippen LogP contribution in [0, 0.1) is 0 Å². The summed E-state index contributed by atoms with van der Waals surface area (Å²) in [5, 5.41) is 0. The highest BCUT2D eigenvalue weighted by Gasteiger charge is 2.38. The van der Waals surface area contributed by atoms with Crippen LogP contribution < -0.4 is 0 Å². The summed E-state index contributed by atoms with van der Waals surface area (Å²) in [6, 6.07) is 5.46. The van der Waals surface area contributed by atoms with Gasteiger partial charge >= 0.3 is 6.18 Å². The number of halogens is 4. The van der Waals surface area contributed by atoms with Gasteiger partial charge in [0.05, 0.1) is 27.4 Å². The number of hydrogen-bond acceptors (Lipinski definition) is 4. The highest BCUT2D eigenvalue weighted by molar-refractivity contribution is 7.97. The van der Waals surface area contributed by atoms with E-state index in [1.54, 1.807) is 13.0 Å². The van der Waals surface area contributed by atoms with Crippen LogP contribution in [0.1, 0.15) is 36.7 Å². The van der Waals surface area contributed by atoms with Crippen molar-refractivity contribution in [2.45, 2.75) is 33.1 Å². The van der Waals surface area contributed by atoms with Gasteiger partial charge in [0.1, 0.15) is 6.17 Å². The van der Waals surface area contributed by atoms with Gasteiger partial charge in [0.25, 0.3) is 11.8 Å². The zero-order chi connectivity index (χ0) is 25.4. The minimum Gasteiger partial charge on any atom is -0.478 e. The largest absolute Gasteiger partial charge is 0.478 e. The Morgan fingerprint density at radius 1 is 1.27 bits per heavy atom. The molecule has 0 aliphatic carbocycles. The van der Waals surface area contributed by atoms with Gasteiger partial charge < -0.3 is 4.74 Å². The van der Waals surface area contributed by atoms with E-state index in [9.17, 15) is 26.6 Å². The molecule has 0 N–H and O–H groups in total. The number of hydrogen-bond donors (Lipinski definition) is 0. The molecule has 0 fully saturated rings. The Bertz CT molecular complexity index is 1140. The lowest BCUT2D eigenvalue weighted by molar-refractivity contribution is -0.0754. The van der Waals surface area contributed by atoms with Crippen molar-refractivity contribution in [2.75, 3.05) is 13.4 Å². The Kier molecular flexibility index (Phi) is 9.97. The molecule has 1 aromatic carbocycles. The van der Waals surface area contributed by atoms with Gasteiger partial charge in [0.15, 0.2) is 0 Å². The van der Waals surface area contributed by atoms with E-state index in [0.29, 0.717) is 0 Å². The summed E-state index contributed by atoms with van der Waals surface area (Å²) >= 11 is 0. The number of benzene rings is 1. The van der Waals surface area contributed by atoms with Crippen LogP contribution in [0.15, 0.2) is 75.0 Å². The average molecular weight is 487 g/mol. The van der Waals surface area contributed by atoms with Crippen LogP contribution in [-0.2, 0) is 14.5 Å². The fourth-order valence-electron chi connectivity index (χ4n) is 2.62. The third-order valence-corrected chi connectivity index (χ3v) is 6.10. The quantitative estimate of drug-likeness (QED) is 0.198. The summed E-state index contributed by atoms with van der Waals surface area (Å²) in [6.45, 7) is 7.91. The molecule has 10 heteroatoms. The third-order valence-electron chi connectivity index (χ3n) is 4.25. The van der Waals surface area contributed by atoms with Crippen molar-refractivity contribution in [3.05, 3.63) is 76.8 Å². The Hall–Kier alpha value is -3.01. The Morgan fingerprint density at radius 2 is 1.88 bits per heavy atom. The number of alkyl halides is 4. The van der Waals surface area contributed by atoms with Crippen LogP contribution in [-0.4, -0.2) is 41.7 Å². The lowest BCUT2D eigenvalue weighted by Crippen LogP contribution is -2.24. The summed E-state index contributed by atoms with van der Waals surface area (Å²) in [6.07, 6.45) is 0.386. The van der Waals surface area contributed by atoms with E-state index >= 15 is 0 Å². The van der Waals surface area contributed by atoms with E-state index in [1.807, 2.05) is 0 Å². The first-order valence-corrected chi connectivity index (χ1v) is 11.6. The molecule has 0 aliphatic heterocycles. The first-order chi connectivity index (χ1) is 15.3. The van der Waals surface area contributed by atoms with Crippen LogP contribution >= 0.6 is 0 Å². The van der Waals surface area contributed by atoms with Gasteiger partial charge in [-0.2, -0.15) is 17.5 Å². The second kappa shape index (κ2) is 11.7. The smallest absolute Gasteiger partial charge is 0.468 e. The summed E-state index contributed by atoms with van der Waals surface area (Å²) < 4.78 is 74.5. The molecule has 2 atom stereocenters. The van der Waals surface area contributed by atoms with Crippen molar-refractivity contribution in [1.29, 1.82) is 0 Å². The fraction of sp³-hybridized carbons (Fsp3) is 0.304. The van der Waals surface area contributed by atoms with Gasteiger partial charge in [-0.15, -0.1) is 0 Å². The first-order valence-electron chi connectivity index (χ1n) is 9.65. The zero-order valence-electron chi connectivity index (χ0n) is 18.9. The normalized spacial score (nSPS) is 16.6. The SMILES string of the molecule is C=C/C(C)=C(/N=C(OC)C(F)(F)F)c1cccc(C(=O)N=S(C)(=O)/C(=C/C=C\C)[C@H](C)F)c1. The number of rotatable bonds is 7. The second-order valence-electron chi connectivity index (χ2n) is 6.85. The summed E-state index contributed by atoms with van der Waals surface area (Å²) in [4.78, 5) is 16.1. The van der Waals surface area contributed by atoms with Crippen LogP contribution in [0.25, 0.3) is 5.70 Å². The Balaban J connectivity index is 3.62. The standard InChI is InChI=1S/C23H26F4N2O3S/c1-7-9-13-19(16(4)24)33(6,31)29-21(30)18-12-10-11-17(14-18)20(15(3)8-2)28-22(32-5)23(25,26)27/h7-14,16H,2H2,1,3-6H3/b9-7-,19-13+,20-15+,28-22?/t16-,33?/m0/s1. The van der Waals surface area contributed by atoms with E-state index in [4.69, 9.17) is 0 Å². The summed E-state index contributed by atoms with van der Waals surface area (Å²) in [7, 11) is -2.56. The minimum absolute atomic E-state index is 0.0606. The third kappa shape index (κ3) is 7.81. The highest BCUT2D eigenvalue weighted by atomic mass is 32.2. The molecule has 0 radical (unpaired) electrons. The average Bonchev–Trinajstić information content (AvgIpc) is 2.72. The highest BCUT2D eigenvalue weighted by Crippen LogP contribution is 2.27. The molecule has 1 rings (SSSR count). The van der Waals surface area contributed by atoms with E-state index < -0.39 is 33.9 Å². The number of aliphatic imine (C=N–C) groups is 1. The molecule has 1 aromatic rings. The number of amides is 1. The molecule has 33 heavy (non-hydrogen) atoms. The maximum atomic E-state index is 14.0. The van der Waals surface area contributed by atoms with Crippen molar-refractivity contribution in [1.82, 2.24) is 0 Å². The lowest BCUT2D eigenvalue weighted by atomic mass is 10.0. The fourth-order valence-corrected chi connectivity index (χ4v) is 4.08. The molecule has 0 aliphatic rings. The molecule has 0 spiro atoms. The molecular weight excluding hydrogens is 460 g/mol. The molecule has 0 bridgehead atoms. The van der Waals surface area contributed by atoms with Crippen molar-refractivity contribution in [3.63, 3.8) is 0 Å². The van der Waals surface area contributed by atoms with Crippen LogP contribution in [0.2, 0.25) is 0 Å². The predicted molar refractivity (Wildman–Crippen MR) is 124 cm³/mol. The molecule has 0 heterocycles. The first kappa shape index (κ1) is 28.0. The Morgan fingerprint density at radius 3 is 2.36 bits per heavy atom. The summed E-state index contributed by atoms with van der Waals surface area (Å²) in [5.74, 6) is -2.40. The van der Waals surface area contributed by atoms with Crippen LogP contribution in [0.5, 0.6) is 0 Å². The molecule has 1 unspecified atom stereocenters. The van der Waals surface area contributed by atoms with Crippen molar-refractivity contribution in [3.8, 4) is 0 Å². The van der Waals surface area contributed by atoms with Gasteiger partial charge in [0, 0.05) is 17.4 Å². The van der Waals surface area contributed by atoms with Gasteiger partial charge in [0.2, 0.25) is 0 Å². The number of nitrogens with zero attached hydrogens (tertiary/aromatic N) is 2. The number of carbonyl (C=O) groups is 1. The molecule has 0 saturated carbocycles. The van der Waals surface area contributed by atoms with Gasteiger partial charge in [-0.05, 0) is 44.6 Å². The van der Waals surface area contributed by atoms with Crippen molar-refractivity contribution < 1.29 is 31.3 Å². The van der Waals surface area contributed by atoms with Gasteiger partial charge in [-0.1, -0.05) is 36.9 Å². The molecule has 0 aromatic heterocycles. The second-order valence-corrected chi connectivity index (χ2v) is 9.10. The van der Waals surface area contributed by atoms with Crippen molar-refractivity contribution in [2.24, 2.45) is 9.36 Å². The Labute approximate surface area is 191 Å². The number of methoxy groups -OCH3 is 1. The van der Waals surface area contributed by atoms with E-state index in [0.717, 1.165) is 13.4 Å². The minimum atomic E-state index is -4.84. The number of carbonyl (C=O) groups excluding carboxylic acids is 1. The maximum Gasteiger partial charge on any atom is 0.468 e. The summed E-state index contributed by atoms with van der Waals surface area (Å²) in [5.41, 5.74) is 0.252. The molecular formula is C23H26F4N2O3S. The molecule has 1 amide bonds. The van der Waals surface area contributed by atoms with Gasteiger partial charge in [-0.25, -0.2) is 13.6 Å². The molecule has 0 saturated heterocycles. The topological polar surface area (TPSA) is 68.1 Å². The number of allylic oxidation sites excluding steroid dienone is 6. The molecule has 5 nitrogen and oxygen atoms in total. The predicted octanol–water partition coefficient (Wildman–Crippen LogP) is 6.27. The van der Waals surface area contributed by atoms with Crippen LogP contribution in [0.3, 0.4) is 0 Å².